The van der Waals surface area contributed by atoms with E-state index >= 15 is 0 Å². The normalized spacial score (nSPS) is 14.7. The third-order valence-electron chi connectivity index (χ3n) is 3.54. The van der Waals surface area contributed by atoms with Gasteiger partial charge in [-0.1, -0.05) is 0 Å². The zero-order valence-electron chi connectivity index (χ0n) is 11.9. The summed E-state index contributed by atoms with van der Waals surface area (Å²) in [5.41, 5.74) is 6.14. The zero-order valence-corrected chi connectivity index (χ0v) is 11.9. The molecule has 1 aliphatic rings. The van der Waals surface area contributed by atoms with Crippen LogP contribution in [0.2, 0.25) is 0 Å². The Balaban J connectivity index is 1.69. The number of halogens is 3. The number of amides is 1. The molecule has 0 unspecified atom stereocenters. The van der Waals surface area contributed by atoms with Crippen LogP contribution in [0.25, 0.3) is 0 Å². The molecule has 122 valence electrons. The van der Waals surface area contributed by atoms with Gasteiger partial charge in [0.05, 0.1) is 5.69 Å². The average Bonchev–Trinajstić information content (AvgIpc) is 2.95. The second kappa shape index (κ2) is 5.52. The molecule has 1 aliphatic heterocycles. The van der Waals surface area contributed by atoms with Crippen molar-refractivity contribution in [2.24, 2.45) is 0 Å². The standard InChI is InChI=1S/C13H13F3N6O/c14-13(15,16)10-2-4-22(20-10)7-12(23)21-3-1-9-8(6-21)5-11(17)19-18-9/h2,4-5H,1,3,6-7H2,(H2,17,19). The molecule has 23 heavy (non-hydrogen) atoms. The Bertz CT molecular complexity index is 742. The molecule has 3 rings (SSSR count). The van der Waals surface area contributed by atoms with E-state index in [1.807, 2.05) is 0 Å². The number of nitrogens with zero attached hydrogens (tertiary/aromatic N) is 5. The number of nitrogens with two attached hydrogens (primary N) is 1. The molecule has 0 aliphatic carbocycles. The first-order valence-corrected chi connectivity index (χ1v) is 6.82. The summed E-state index contributed by atoms with van der Waals surface area (Å²) in [6, 6.07) is 2.49. The van der Waals surface area contributed by atoms with E-state index in [2.05, 4.69) is 15.3 Å². The smallest absolute Gasteiger partial charge is 0.382 e. The number of anilines is 1. The number of rotatable bonds is 2. The monoisotopic (exact) mass is 326 g/mol. The van der Waals surface area contributed by atoms with E-state index in [0.29, 0.717) is 19.5 Å². The predicted molar refractivity (Wildman–Crippen MR) is 72.8 cm³/mol. The number of fused-ring (bicyclic) bond motifs is 1. The van der Waals surface area contributed by atoms with Crippen LogP contribution in [0.3, 0.4) is 0 Å². The summed E-state index contributed by atoms with van der Waals surface area (Å²) in [5.74, 6) is -0.0530. The summed E-state index contributed by atoms with van der Waals surface area (Å²) >= 11 is 0. The third-order valence-corrected chi connectivity index (χ3v) is 3.54. The van der Waals surface area contributed by atoms with E-state index in [1.165, 1.54) is 0 Å². The van der Waals surface area contributed by atoms with Crippen LogP contribution in [0.15, 0.2) is 18.3 Å². The number of nitrogen functional groups attached to an aromatic ring is 1. The number of alkyl halides is 3. The summed E-state index contributed by atoms with van der Waals surface area (Å²) in [6.07, 6.45) is -2.85. The largest absolute Gasteiger partial charge is 0.435 e. The highest BCUT2D eigenvalue weighted by Gasteiger charge is 2.33. The molecular weight excluding hydrogens is 313 g/mol. The van der Waals surface area contributed by atoms with Crippen molar-refractivity contribution < 1.29 is 18.0 Å². The van der Waals surface area contributed by atoms with Gasteiger partial charge in [0.15, 0.2) is 5.69 Å². The second-order valence-corrected chi connectivity index (χ2v) is 5.20. The minimum Gasteiger partial charge on any atom is -0.382 e. The molecule has 0 fully saturated rings. The number of hydrogen-bond acceptors (Lipinski definition) is 5. The van der Waals surface area contributed by atoms with Gasteiger partial charge in [0.1, 0.15) is 12.4 Å². The lowest BCUT2D eigenvalue weighted by molar-refractivity contribution is -0.142. The van der Waals surface area contributed by atoms with E-state index in [9.17, 15) is 18.0 Å². The number of hydrogen-bond donors (Lipinski definition) is 1. The maximum Gasteiger partial charge on any atom is 0.435 e. The van der Waals surface area contributed by atoms with Gasteiger partial charge in [-0.05, 0) is 17.7 Å². The minimum atomic E-state index is -4.52. The molecule has 2 aromatic heterocycles. The first-order chi connectivity index (χ1) is 10.8. The van der Waals surface area contributed by atoms with Crippen LogP contribution in [0.5, 0.6) is 0 Å². The van der Waals surface area contributed by atoms with E-state index in [-0.39, 0.29) is 18.3 Å². The third kappa shape index (κ3) is 3.25. The highest BCUT2D eigenvalue weighted by molar-refractivity contribution is 5.76. The lowest BCUT2D eigenvalue weighted by Gasteiger charge is -2.28. The molecule has 2 N–H and O–H groups in total. The fourth-order valence-corrected chi connectivity index (χ4v) is 2.40. The SMILES string of the molecule is Nc1cc2c(nn1)CCN(C(=O)Cn1ccc(C(F)(F)F)n1)C2. The first kappa shape index (κ1) is 15.3. The first-order valence-electron chi connectivity index (χ1n) is 6.82. The van der Waals surface area contributed by atoms with Gasteiger partial charge >= 0.3 is 6.18 Å². The molecule has 1 amide bonds. The van der Waals surface area contributed by atoms with Crippen LogP contribution in [-0.4, -0.2) is 37.3 Å². The maximum atomic E-state index is 12.5. The Morgan fingerprint density at radius 2 is 2.13 bits per heavy atom. The van der Waals surface area contributed by atoms with E-state index < -0.39 is 11.9 Å². The van der Waals surface area contributed by atoms with Crippen molar-refractivity contribution in [2.75, 3.05) is 12.3 Å². The van der Waals surface area contributed by atoms with E-state index in [0.717, 1.165) is 28.2 Å². The molecule has 7 nitrogen and oxygen atoms in total. The summed E-state index contributed by atoms with van der Waals surface area (Å²) in [5, 5.41) is 11.1. The molecular formula is C13H13F3N6O. The van der Waals surface area contributed by atoms with Gasteiger partial charge in [0.25, 0.3) is 0 Å². The Kier molecular flexibility index (Phi) is 3.66. The molecule has 0 saturated heterocycles. The van der Waals surface area contributed by atoms with Crippen molar-refractivity contribution in [1.29, 1.82) is 0 Å². The van der Waals surface area contributed by atoms with Crippen LogP contribution in [0.4, 0.5) is 19.0 Å². The summed E-state index contributed by atoms with van der Waals surface area (Å²) in [7, 11) is 0. The second-order valence-electron chi connectivity index (χ2n) is 5.20. The lowest BCUT2D eigenvalue weighted by atomic mass is 10.1. The predicted octanol–water partition coefficient (Wildman–Crippen LogP) is 0.859. The van der Waals surface area contributed by atoms with Crippen LogP contribution in [0, 0.1) is 0 Å². The number of carbonyl (C=O) groups excluding carboxylic acids is 1. The summed E-state index contributed by atoms with van der Waals surface area (Å²) in [6.45, 7) is 0.485. The van der Waals surface area contributed by atoms with Crippen molar-refractivity contribution in [1.82, 2.24) is 24.9 Å². The summed E-state index contributed by atoms with van der Waals surface area (Å²) < 4.78 is 38.5. The molecule has 0 aromatic carbocycles. The number of carbonyl (C=O) groups is 1. The van der Waals surface area contributed by atoms with Crippen LogP contribution in [-0.2, 0) is 30.5 Å². The number of aromatic nitrogens is 4. The quantitative estimate of drug-likeness (QED) is 0.884. The van der Waals surface area contributed by atoms with Crippen LogP contribution in [0.1, 0.15) is 17.0 Å². The van der Waals surface area contributed by atoms with Crippen molar-refractivity contribution >= 4 is 11.7 Å². The van der Waals surface area contributed by atoms with Gasteiger partial charge in [0, 0.05) is 25.7 Å². The Hall–Kier alpha value is -2.65. The van der Waals surface area contributed by atoms with Gasteiger partial charge in [-0.15, -0.1) is 5.10 Å². The van der Waals surface area contributed by atoms with Gasteiger partial charge in [-0.2, -0.15) is 23.4 Å². The molecule has 3 heterocycles. The average molecular weight is 326 g/mol. The molecule has 0 atom stereocenters. The fraction of sp³-hybridized carbons (Fsp3) is 0.385. The van der Waals surface area contributed by atoms with E-state index in [1.54, 1.807) is 11.0 Å². The van der Waals surface area contributed by atoms with Crippen LogP contribution >= 0.6 is 0 Å². The fourth-order valence-electron chi connectivity index (χ4n) is 2.40. The van der Waals surface area contributed by atoms with Gasteiger partial charge in [-0.25, -0.2) is 0 Å². The molecule has 0 spiro atoms. The Morgan fingerprint density at radius 1 is 1.35 bits per heavy atom. The minimum absolute atomic E-state index is 0.251. The highest BCUT2D eigenvalue weighted by atomic mass is 19.4. The van der Waals surface area contributed by atoms with Crippen molar-refractivity contribution in [3.8, 4) is 0 Å². The maximum absolute atomic E-state index is 12.5. The van der Waals surface area contributed by atoms with Gasteiger partial charge in [-0.3, -0.25) is 9.48 Å². The topological polar surface area (TPSA) is 89.9 Å². The molecule has 10 heteroatoms. The molecule has 0 bridgehead atoms. The molecule has 0 radical (unpaired) electrons. The van der Waals surface area contributed by atoms with Crippen molar-refractivity contribution in [3.63, 3.8) is 0 Å². The zero-order chi connectivity index (χ0) is 16.6. The van der Waals surface area contributed by atoms with Gasteiger partial charge < -0.3 is 10.6 Å². The molecule has 2 aromatic rings. The molecule has 0 saturated carbocycles. The van der Waals surface area contributed by atoms with Crippen LogP contribution < -0.4 is 5.73 Å². The lowest BCUT2D eigenvalue weighted by Crippen LogP contribution is -2.38. The van der Waals surface area contributed by atoms with Gasteiger partial charge in [0.2, 0.25) is 5.91 Å². The highest BCUT2D eigenvalue weighted by Crippen LogP contribution is 2.27. The Morgan fingerprint density at radius 3 is 2.83 bits per heavy atom. The van der Waals surface area contributed by atoms with E-state index in [4.69, 9.17) is 5.73 Å². The van der Waals surface area contributed by atoms with Crippen molar-refractivity contribution in [2.45, 2.75) is 25.7 Å². The Labute approximate surface area is 128 Å². The van der Waals surface area contributed by atoms with Crippen molar-refractivity contribution in [3.05, 3.63) is 35.3 Å². The summed E-state index contributed by atoms with van der Waals surface area (Å²) in [4.78, 5) is 13.8.